The maximum atomic E-state index is 13.1. The number of hydrogen-bond donors (Lipinski definition) is 3. The monoisotopic (exact) mass is 225 g/mol. The van der Waals surface area contributed by atoms with E-state index in [2.05, 4.69) is 5.32 Å². The van der Waals surface area contributed by atoms with Crippen LogP contribution in [-0.4, -0.2) is 18.4 Å². The van der Waals surface area contributed by atoms with E-state index in [-0.39, 0.29) is 24.4 Å². The molecular weight excluding hydrogens is 213 g/mol. The van der Waals surface area contributed by atoms with Crippen molar-refractivity contribution in [1.29, 1.82) is 0 Å². The minimum Gasteiger partial charge on any atom is -0.366 e. The smallest absolute Gasteiger partial charge is 0.251 e. The van der Waals surface area contributed by atoms with Crippen LogP contribution >= 0.6 is 0 Å². The van der Waals surface area contributed by atoms with Gasteiger partial charge in [-0.15, -0.1) is 0 Å². The van der Waals surface area contributed by atoms with Crippen molar-refractivity contribution >= 4 is 17.5 Å². The van der Waals surface area contributed by atoms with E-state index in [0.717, 1.165) is 6.07 Å². The Labute approximate surface area is 91.6 Å². The lowest BCUT2D eigenvalue weighted by Crippen LogP contribution is -2.18. The lowest BCUT2D eigenvalue weighted by atomic mass is 10.1. The summed E-state index contributed by atoms with van der Waals surface area (Å²) in [5, 5.41) is 2.47. The van der Waals surface area contributed by atoms with Crippen LogP contribution in [-0.2, 0) is 4.79 Å². The zero-order chi connectivity index (χ0) is 12.1. The van der Waals surface area contributed by atoms with Crippen molar-refractivity contribution in [3.8, 4) is 0 Å². The third-order valence-electron chi connectivity index (χ3n) is 1.89. The van der Waals surface area contributed by atoms with Crippen LogP contribution in [0.1, 0.15) is 16.8 Å². The highest BCUT2D eigenvalue weighted by Crippen LogP contribution is 2.14. The van der Waals surface area contributed by atoms with Gasteiger partial charge < -0.3 is 16.8 Å². The number of carbonyl (C=O) groups excluding carboxylic acids is 2. The molecule has 0 heterocycles. The number of anilines is 1. The standard InChI is InChI=1S/C10H12FN3O2/c11-8-2-1-6(5-7(8)10(13)16)14-9(15)3-4-12/h1-2,5H,3-4,12H2,(H2,13,16)(H,14,15). The summed E-state index contributed by atoms with van der Waals surface area (Å²) in [6, 6.07) is 3.60. The Kier molecular flexibility index (Phi) is 3.96. The van der Waals surface area contributed by atoms with Crippen LogP contribution in [0.5, 0.6) is 0 Å². The summed E-state index contributed by atoms with van der Waals surface area (Å²) in [5.41, 5.74) is 10.2. The fourth-order valence-corrected chi connectivity index (χ4v) is 1.15. The molecule has 16 heavy (non-hydrogen) atoms. The molecule has 0 radical (unpaired) electrons. The molecule has 0 aliphatic heterocycles. The predicted octanol–water partition coefficient (Wildman–Crippen LogP) is 0.212. The van der Waals surface area contributed by atoms with Gasteiger partial charge in [0, 0.05) is 18.7 Å². The Morgan fingerprint density at radius 1 is 1.38 bits per heavy atom. The predicted molar refractivity (Wildman–Crippen MR) is 57.2 cm³/mol. The molecular formula is C10H12FN3O2. The van der Waals surface area contributed by atoms with Crippen molar-refractivity contribution in [3.05, 3.63) is 29.6 Å². The van der Waals surface area contributed by atoms with Crippen molar-refractivity contribution in [2.24, 2.45) is 11.5 Å². The third kappa shape index (κ3) is 3.03. The number of halogens is 1. The zero-order valence-electron chi connectivity index (χ0n) is 8.50. The lowest BCUT2D eigenvalue weighted by Gasteiger charge is -2.06. The second-order valence-corrected chi connectivity index (χ2v) is 3.15. The van der Waals surface area contributed by atoms with Crippen LogP contribution in [0.3, 0.4) is 0 Å². The highest BCUT2D eigenvalue weighted by Gasteiger charge is 2.10. The molecule has 1 aromatic carbocycles. The lowest BCUT2D eigenvalue weighted by molar-refractivity contribution is -0.116. The molecule has 0 aliphatic rings. The summed E-state index contributed by atoms with van der Waals surface area (Å²) >= 11 is 0. The highest BCUT2D eigenvalue weighted by atomic mass is 19.1. The number of hydrogen-bond acceptors (Lipinski definition) is 3. The number of rotatable bonds is 4. The maximum absolute atomic E-state index is 13.1. The third-order valence-corrected chi connectivity index (χ3v) is 1.89. The average Bonchev–Trinajstić information content (AvgIpc) is 2.21. The van der Waals surface area contributed by atoms with Crippen LogP contribution in [0, 0.1) is 5.82 Å². The SMILES string of the molecule is NCCC(=O)Nc1ccc(F)c(C(N)=O)c1. The van der Waals surface area contributed by atoms with E-state index in [9.17, 15) is 14.0 Å². The van der Waals surface area contributed by atoms with Crippen LogP contribution in [0.15, 0.2) is 18.2 Å². The van der Waals surface area contributed by atoms with Gasteiger partial charge in [-0.2, -0.15) is 0 Å². The van der Waals surface area contributed by atoms with Crippen LogP contribution in [0.2, 0.25) is 0 Å². The molecule has 0 saturated carbocycles. The molecule has 0 fully saturated rings. The summed E-state index contributed by atoms with van der Waals surface area (Å²) in [7, 11) is 0. The number of nitrogens with one attached hydrogen (secondary N) is 1. The second-order valence-electron chi connectivity index (χ2n) is 3.15. The highest BCUT2D eigenvalue weighted by molar-refractivity contribution is 5.96. The second kappa shape index (κ2) is 5.22. The summed E-state index contributed by atoms with van der Waals surface area (Å²) in [5.74, 6) is -1.90. The topological polar surface area (TPSA) is 98.2 Å². The first-order valence-electron chi connectivity index (χ1n) is 4.64. The zero-order valence-corrected chi connectivity index (χ0v) is 8.50. The number of primary amides is 1. The normalized spacial score (nSPS) is 9.88. The maximum Gasteiger partial charge on any atom is 0.251 e. The van der Waals surface area contributed by atoms with E-state index >= 15 is 0 Å². The molecule has 2 amide bonds. The van der Waals surface area contributed by atoms with Crippen LogP contribution in [0.4, 0.5) is 10.1 Å². The van der Waals surface area contributed by atoms with Gasteiger partial charge in [0.15, 0.2) is 0 Å². The van der Waals surface area contributed by atoms with Crippen molar-refractivity contribution in [3.63, 3.8) is 0 Å². The molecule has 6 heteroatoms. The Morgan fingerprint density at radius 3 is 2.62 bits per heavy atom. The summed E-state index contributed by atoms with van der Waals surface area (Å²) in [4.78, 5) is 22.0. The van der Waals surface area contributed by atoms with Crippen molar-refractivity contribution < 1.29 is 14.0 Å². The van der Waals surface area contributed by atoms with Crippen molar-refractivity contribution in [2.75, 3.05) is 11.9 Å². The Hall–Kier alpha value is -1.95. The summed E-state index contributed by atoms with van der Waals surface area (Å²) < 4.78 is 13.1. The number of amides is 2. The molecule has 5 N–H and O–H groups in total. The van der Waals surface area contributed by atoms with Gasteiger partial charge in [-0.3, -0.25) is 9.59 Å². The van der Waals surface area contributed by atoms with E-state index in [0.29, 0.717) is 5.69 Å². The van der Waals surface area contributed by atoms with E-state index in [1.807, 2.05) is 0 Å². The molecule has 0 saturated heterocycles. The molecule has 86 valence electrons. The summed E-state index contributed by atoms with van der Waals surface area (Å²) in [6.07, 6.45) is 0.156. The van der Waals surface area contributed by atoms with Gasteiger partial charge in [0.2, 0.25) is 5.91 Å². The van der Waals surface area contributed by atoms with E-state index < -0.39 is 11.7 Å². The van der Waals surface area contributed by atoms with E-state index in [4.69, 9.17) is 11.5 Å². The van der Waals surface area contributed by atoms with Gasteiger partial charge in [0.05, 0.1) is 5.56 Å². The van der Waals surface area contributed by atoms with E-state index in [1.165, 1.54) is 12.1 Å². The first kappa shape index (κ1) is 12.1. The van der Waals surface area contributed by atoms with Gasteiger partial charge in [-0.05, 0) is 18.2 Å². The van der Waals surface area contributed by atoms with Crippen LogP contribution < -0.4 is 16.8 Å². The molecule has 0 bridgehead atoms. The van der Waals surface area contributed by atoms with Gasteiger partial charge in [0.1, 0.15) is 5.82 Å². The van der Waals surface area contributed by atoms with Gasteiger partial charge in [0.25, 0.3) is 5.91 Å². The van der Waals surface area contributed by atoms with Crippen molar-refractivity contribution in [2.45, 2.75) is 6.42 Å². The van der Waals surface area contributed by atoms with E-state index in [1.54, 1.807) is 0 Å². The molecule has 0 spiro atoms. The Bertz CT molecular complexity index is 421. The Balaban J connectivity index is 2.87. The first-order chi connectivity index (χ1) is 7.54. The number of carbonyl (C=O) groups is 2. The summed E-state index contributed by atoms with van der Waals surface area (Å²) in [6.45, 7) is 0.218. The quantitative estimate of drug-likeness (QED) is 0.683. The molecule has 0 unspecified atom stereocenters. The first-order valence-corrected chi connectivity index (χ1v) is 4.64. The van der Waals surface area contributed by atoms with Crippen LogP contribution in [0.25, 0.3) is 0 Å². The molecule has 1 aromatic rings. The van der Waals surface area contributed by atoms with Gasteiger partial charge >= 0.3 is 0 Å². The van der Waals surface area contributed by atoms with Crippen molar-refractivity contribution in [1.82, 2.24) is 0 Å². The fourth-order valence-electron chi connectivity index (χ4n) is 1.15. The molecule has 5 nitrogen and oxygen atoms in total. The fraction of sp³-hybridized carbons (Fsp3) is 0.200. The Morgan fingerprint density at radius 2 is 2.06 bits per heavy atom. The largest absolute Gasteiger partial charge is 0.366 e. The van der Waals surface area contributed by atoms with Gasteiger partial charge in [-0.25, -0.2) is 4.39 Å². The van der Waals surface area contributed by atoms with Gasteiger partial charge in [-0.1, -0.05) is 0 Å². The minimum absolute atomic E-state index is 0.156. The molecule has 0 aromatic heterocycles. The molecule has 1 rings (SSSR count). The number of nitrogens with two attached hydrogens (primary N) is 2. The minimum atomic E-state index is -0.882. The average molecular weight is 225 g/mol. The number of benzene rings is 1. The molecule has 0 aliphatic carbocycles. The molecule has 0 atom stereocenters.